The predicted octanol–water partition coefficient (Wildman–Crippen LogP) is 3.12. The zero-order valence-electron chi connectivity index (χ0n) is 13.2. The summed E-state index contributed by atoms with van der Waals surface area (Å²) in [6.07, 6.45) is 0. The maximum atomic E-state index is 11.8. The van der Waals surface area contributed by atoms with Gasteiger partial charge in [0.15, 0.2) is 6.61 Å². The van der Waals surface area contributed by atoms with Crippen molar-refractivity contribution in [3.05, 3.63) is 42.5 Å². The zero-order valence-corrected chi connectivity index (χ0v) is 13.2. The monoisotopic (exact) mass is 313 g/mol. The van der Waals surface area contributed by atoms with Crippen molar-refractivity contribution in [2.75, 3.05) is 20.3 Å². The standard InChI is InChI=1S/C18H19NO4/c1-12(10-21-2)19-18(20)11-22-13-7-8-17-15(9-13)14-5-3-4-6-16(14)23-17/h3-9,12H,10-11H2,1-2H3,(H,19,20). The first-order chi connectivity index (χ1) is 11.2. The number of furan rings is 1. The highest BCUT2D eigenvalue weighted by Gasteiger charge is 2.10. The van der Waals surface area contributed by atoms with E-state index in [1.165, 1.54) is 0 Å². The Bertz CT molecular complexity index is 824. The average Bonchev–Trinajstić information content (AvgIpc) is 2.91. The van der Waals surface area contributed by atoms with Gasteiger partial charge in [0.2, 0.25) is 0 Å². The van der Waals surface area contributed by atoms with Crippen LogP contribution in [0.15, 0.2) is 46.9 Å². The Hall–Kier alpha value is -2.53. The van der Waals surface area contributed by atoms with Crippen molar-refractivity contribution >= 4 is 27.8 Å². The van der Waals surface area contributed by atoms with E-state index >= 15 is 0 Å². The molecule has 5 nitrogen and oxygen atoms in total. The third-order valence-electron chi connectivity index (χ3n) is 3.54. The van der Waals surface area contributed by atoms with Gasteiger partial charge in [0.1, 0.15) is 16.9 Å². The van der Waals surface area contributed by atoms with Gasteiger partial charge in [-0.3, -0.25) is 4.79 Å². The van der Waals surface area contributed by atoms with Gasteiger partial charge in [-0.2, -0.15) is 0 Å². The molecule has 0 aliphatic heterocycles. The van der Waals surface area contributed by atoms with E-state index < -0.39 is 0 Å². The van der Waals surface area contributed by atoms with Crippen LogP contribution in [-0.2, 0) is 9.53 Å². The lowest BCUT2D eigenvalue weighted by Crippen LogP contribution is -2.38. The highest BCUT2D eigenvalue weighted by atomic mass is 16.5. The zero-order chi connectivity index (χ0) is 16.2. The molecule has 0 saturated heterocycles. The Kier molecular flexibility index (Phi) is 4.48. The van der Waals surface area contributed by atoms with Crippen LogP contribution in [0.2, 0.25) is 0 Å². The molecule has 1 aromatic heterocycles. The highest BCUT2D eigenvalue weighted by Crippen LogP contribution is 2.31. The first-order valence-electron chi connectivity index (χ1n) is 7.50. The van der Waals surface area contributed by atoms with E-state index in [0.717, 1.165) is 21.9 Å². The van der Waals surface area contributed by atoms with Crippen LogP contribution in [0.25, 0.3) is 21.9 Å². The first-order valence-corrected chi connectivity index (χ1v) is 7.50. The van der Waals surface area contributed by atoms with Gasteiger partial charge < -0.3 is 19.2 Å². The molecule has 2 aromatic carbocycles. The molecule has 0 aliphatic rings. The van der Waals surface area contributed by atoms with Crippen LogP contribution in [-0.4, -0.2) is 32.3 Å². The second-order valence-corrected chi connectivity index (χ2v) is 5.47. The van der Waals surface area contributed by atoms with Crippen molar-refractivity contribution in [1.82, 2.24) is 5.32 Å². The molecule has 0 spiro atoms. The molecule has 0 bridgehead atoms. The molecule has 120 valence electrons. The molecule has 0 saturated carbocycles. The van der Waals surface area contributed by atoms with Crippen molar-refractivity contribution in [3.8, 4) is 5.75 Å². The molecule has 23 heavy (non-hydrogen) atoms. The van der Waals surface area contributed by atoms with E-state index in [9.17, 15) is 4.79 Å². The molecule has 0 aliphatic carbocycles. The Morgan fingerprint density at radius 2 is 1.96 bits per heavy atom. The smallest absolute Gasteiger partial charge is 0.258 e. The number of methoxy groups -OCH3 is 1. The quantitative estimate of drug-likeness (QED) is 0.759. The largest absolute Gasteiger partial charge is 0.484 e. The average molecular weight is 313 g/mol. The SMILES string of the molecule is COCC(C)NC(=O)COc1ccc2oc3ccccc3c2c1. The maximum absolute atomic E-state index is 11.8. The number of carbonyl (C=O) groups excluding carboxylic acids is 1. The van der Waals surface area contributed by atoms with Gasteiger partial charge in [0.05, 0.1) is 6.61 Å². The van der Waals surface area contributed by atoms with Crippen molar-refractivity contribution in [2.45, 2.75) is 13.0 Å². The van der Waals surface area contributed by atoms with E-state index in [1.54, 1.807) is 13.2 Å². The summed E-state index contributed by atoms with van der Waals surface area (Å²) < 4.78 is 16.3. The molecule has 1 unspecified atom stereocenters. The minimum Gasteiger partial charge on any atom is -0.484 e. The number of fused-ring (bicyclic) bond motifs is 3. The number of rotatable bonds is 6. The van der Waals surface area contributed by atoms with Gasteiger partial charge in [-0.15, -0.1) is 0 Å². The van der Waals surface area contributed by atoms with E-state index in [0.29, 0.717) is 12.4 Å². The van der Waals surface area contributed by atoms with Gasteiger partial charge in [-0.25, -0.2) is 0 Å². The van der Waals surface area contributed by atoms with Crippen molar-refractivity contribution in [1.29, 1.82) is 0 Å². The number of carbonyl (C=O) groups is 1. The number of ether oxygens (including phenoxy) is 2. The molecule has 0 radical (unpaired) electrons. The molecule has 1 amide bonds. The topological polar surface area (TPSA) is 60.7 Å². The van der Waals surface area contributed by atoms with Crippen molar-refractivity contribution in [3.63, 3.8) is 0 Å². The molecule has 1 heterocycles. The summed E-state index contributed by atoms with van der Waals surface area (Å²) in [5.74, 6) is 0.463. The maximum Gasteiger partial charge on any atom is 0.258 e. The fourth-order valence-electron chi connectivity index (χ4n) is 2.55. The van der Waals surface area contributed by atoms with Crippen LogP contribution in [0.3, 0.4) is 0 Å². The Morgan fingerprint density at radius 1 is 1.17 bits per heavy atom. The third-order valence-corrected chi connectivity index (χ3v) is 3.54. The van der Waals surface area contributed by atoms with Crippen molar-refractivity contribution < 1.29 is 18.7 Å². The molecule has 1 N–H and O–H groups in total. The first kappa shape index (κ1) is 15.4. The van der Waals surface area contributed by atoms with E-state index in [-0.39, 0.29) is 18.6 Å². The molecule has 0 fully saturated rings. The molecule has 1 atom stereocenters. The summed E-state index contributed by atoms with van der Waals surface area (Å²) >= 11 is 0. The summed E-state index contributed by atoms with van der Waals surface area (Å²) in [6, 6.07) is 13.4. The molecular weight excluding hydrogens is 294 g/mol. The van der Waals surface area contributed by atoms with Gasteiger partial charge in [-0.1, -0.05) is 18.2 Å². The third kappa shape index (κ3) is 3.46. The predicted molar refractivity (Wildman–Crippen MR) is 88.7 cm³/mol. The fraction of sp³-hybridized carbons (Fsp3) is 0.278. The normalized spacial score (nSPS) is 12.4. The van der Waals surface area contributed by atoms with Crippen LogP contribution < -0.4 is 10.1 Å². The lowest BCUT2D eigenvalue weighted by atomic mass is 10.1. The van der Waals surface area contributed by atoms with Crippen LogP contribution in [0.1, 0.15) is 6.92 Å². The Labute approximate surface area is 134 Å². The Balaban J connectivity index is 1.71. The van der Waals surface area contributed by atoms with Gasteiger partial charge in [0.25, 0.3) is 5.91 Å². The van der Waals surface area contributed by atoms with E-state index in [1.807, 2.05) is 43.3 Å². The summed E-state index contributed by atoms with van der Waals surface area (Å²) in [5, 5.41) is 4.82. The van der Waals surface area contributed by atoms with Gasteiger partial charge >= 0.3 is 0 Å². The highest BCUT2D eigenvalue weighted by molar-refractivity contribution is 6.05. The lowest BCUT2D eigenvalue weighted by molar-refractivity contribution is -0.124. The molecule has 3 aromatic rings. The van der Waals surface area contributed by atoms with Crippen LogP contribution in [0.5, 0.6) is 5.75 Å². The van der Waals surface area contributed by atoms with Gasteiger partial charge in [0, 0.05) is 23.9 Å². The van der Waals surface area contributed by atoms with E-state index in [2.05, 4.69) is 5.32 Å². The second-order valence-electron chi connectivity index (χ2n) is 5.47. The fourth-order valence-corrected chi connectivity index (χ4v) is 2.55. The molecule has 3 rings (SSSR count). The van der Waals surface area contributed by atoms with Crippen LogP contribution in [0, 0.1) is 0 Å². The van der Waals surface area contributed by atoms with Crippen molar-refractivity contribution in [2.24, 2.45) is 0 Å². The van der Waals surface area contributed by atoms with Crippen LogP contribution in [0.4, 0.5) is 0 Å². The Morgan fingerprint density at radius 3 is 2.78 bits per heavy atom. The number of nitrogens with one attached hydrogen (secondary N) is 1. The summed E-state index contributed by atoms with van der Waals surface area (Å²) in [7, 11) is 1.60. The lowest BCUT2D eigenvalue weighted by Gasteiger charge is -2.13. The number of hydrogen-bond acceptors (Lipinski definition) is 4. The van der Waals surface area contributed by atoms with Gasteiger partial charge in [-0.05, 0) is 31.2 Å². The molecular formula is C18H19NO4. The number of hydrogen-bond donors (Lipinski definition) is 1. The van der Waals surface area contributed by atoms with E-state index in [4.69, 9.17) is 13.9 Å². The minimum atomic E-state index is -0.174. The number of para-hydroxylation sites is 1. The van der Waals surface area contributed by atoms with Crippen LogP contribution >= 0.6 is 0 Å². The number of benzene rings is 2. The summed E-state index contributed by atoms with van der Waals surface area (Å²) in [4.78, 5) is 11.8. The number of amides is 1. The summed E-state index contributed by atoms with van der Waals surface area (Å²) in [6.45, 7) is 2.32. The minimum absolute atomic E-state index is 0.0324. The molecule has 5 heteroatoms. The summed E-state index contributed by atoms with van der Waals surface area (Å²) in [5.41, 5.74) is 1.64. The second kappa shape index (κ2) is 6.71.